The third kappa shape index (κ3) is 9.34. The predicted octanol–water partition coefficient (Wildman–Crippen LogP) is 1.53. The third-order valence-corrected chi connectivity index (χ3v) is 1.28. The van der Waals surface area contributed by atoms with Crippen molar-refractivity contribution < 1.29 is 0 Å². The molecule has 0 aliphatic rings. The quantitative estimate of drug-likeness (QED) is 0.506. The van der Waals surface area contributed by atoms with Gasteiger partial charge in [0.2, 0.25) is 0 Å². The Morgan fingerprint density at radius 3 is 1.92 bits per heavy atom. The van der Waals surface area contributed by atoms with E-state index in [-0.39, 0.29) is 11.1 Å². The zero-order valence-electron chi connectivity index (χ0n) is 9.73. The Morgan fingerprint density at radius 2 is 1.62 bits per heavy atom. The second-order valence-corrected chi connectivity index (χ2v) is 5.38. The summed E-state index contributed by atoms with van der Waals surface area (Å²) in [7, 11) is 0. The minimum atomic E-state index is -0.0797. The molecular formula is C10H23N3. The summed E-state index contributed by atoms with van der Waals surface area (Å²) in [5.41, 5.74) is 5.77. The van der Waals surface area contributed by atoms with Crippen LogP contribution in [0.25, 0.3) is 0 Å². The summed E-state index contributed by atoms with van der Waals surface area (Å²) in [6, 6.07) is 0. The Hall–Kier alpha value is -0.570. The van der Waals surface area contributed by atoms with E-state index in [1.807, 2.05) is 20.8 Å². The molecule has 0 saturated carbocycles. The van der Waals surface area contributed by atoms with Crippen molar-refractivity contribution in [2.24, 2.45) is 10.7 Å². The molecule has 0 heterocycles. The maximum Gasteiger partial charge on any atom is 0.108 e. The zero-order chi connectivity index (χ0) is 10.7. The molecule has 3 heteroatoms. The number of hydrogen-bond donors (Lipinski definition) is 2. The summed E-state index contributed by atoms with van der Waals surface area (Å²) in [5.74, 6) is 0.669. The van der Waals surface area contributed by atoms with E-state index in [9.17, 15) is 0 Å². The van der Waals surface area contributed by atoms with Gasteiger partial charge in [-0.3, -0.25) is 4.99 Å². The predicted molar refractivity (Wildman–Crippen MR) is 59.1 cm³/mol. The minimum Gasteiger partial charge on any atom is -0.386 e. The van der Waals surface area contributed by atoms with E-state index < -0.39 is 0 Å². The second-order valence-electron chi connectivity index (χ2n) is 5.38. The maximum absolute atomic E-state index is 5.75. The van der Waals surface area contributed by atoms with Crippen LogP contribution >= 0.6 is 0 Å². The Balaban J connectivity index is 4.02. The van der Waals surface area contributed by atoms with E-state index in [0.29, 0.717) is 12.4 Å². The number of hydrogen-bond acceptors (Lipinski definition) is 2. The first-order valence-corrected chi connectivity index (χ1v) is 4.69. The fourth-order valence-corrected chi connectivity index (χ4v) is 0.826. The molecule has 0 spiro atoms. The van der Waals surface area contributed by atoms with E-state index in [4.69, 9.17) is 5.73 Å². The van der Waals surface area contributed by atoms with Gasteiger partial charge in [-0.1, -0.05) is 0 Å². The number of rotatable bonds is 2. The van der Waals surface area contributed by atoms with Gasteiger partial charge < -0.3 is 11.1 Å². The molecule has 0 aromatic rings. The maximum atomic E-state index is 5.75. The molecule has 0 unspecified atom stereocenters. The van der Waals surface area contributed by atoms with Crippen molar-refractivity contribution in [2.45, 2.75) is 52.6 Å². The molecule has 13 heavy (non-hydrogen) atoms. The van der Waals surface area contributed by atoms with Crippen molar-refractivity contribution in [3.05, 3.63) is 0 Å². The summed E-state index contributed by atoms with van der Waals surface area (Å²) in [6.07, 6.45) is 0. The summed E-state index contributed by atoms with van der Waals surface area (Å²) in [6.45, 7) is 13.1. The SMILES string of the molecule is CC(C)(C)/N=C(\N)CNC(C)(C)C. The Bertz CT molecular complexity index is 181. The molecular weight excluding hydrogens is 162 g/mol. The van der Waals surface area contributed by atoms with Gasteiger partial charge in [-0.05, 0) is 41.5 Å². The zero-order valence-corrected chi connectivity index (χ0v) is 9.73. The Kier molecular flexibility index (Phi) is 3.91. The van der Waals surface area contributed by atoms with Crippen LogP contribution in [0.5, 0.6) is 0 Å². The standard InChI is InChI=1S/C10H23N3/c1-9(2,3)12-7-8(11)13-10(4,5)6/h12H,7H2,1-6H3,(H2,11,13). The van der Waals surface area contributed by atoms with Gasteiger partial charge in [0.1, 0.15) is 5.84 Å². The van der Waals surface area contributed by atoms with Crippen LogP contribution < -0.4 is 11.1 Å². The van der Waals surface area contributed by atoms with E-state index in [2.05, 4.69) is 31.1 Å². The van der Waals surface area contributed by atoms with Crippen LogP contribution in [0.2, 0.25) is 0 Å². The van der Waals surface area contributed by atoms with Gasteiger partial charge in [0, 0.05) is 5.54 Å². The third-order valence-electron chi connectivity index (χ3n) is 1.28. The number of nitrogens with one attached hydrogen (secondary N) is 1. The molecule has 3 N–H and O–H groups in total. The fraction of sp³-hybridized carbons (Fsp3) is 0.900. The minimum absolute atomic E-state index is 0.0797. The largest absolute Gasteiger partial charge is 0.386 e. The molecule has 0 bridgehead atoms. The van der Waals surface area contributed by atoms with Crippen LogP contribution in [0, 0.1) is 0 Å². The van der Waals surface area contributed by atoms with Crippen molar-refractivity contribution in [3.8, 4) is 0 Å². The first-order chi connectivity index (χ1) is 5.60. The molecule has 0 fully saturated rings. The molecule has 0 radical (unpaired) electrons. The normalized spacial score (nSPS) is 14.8. The van der Waals surface area contributed by atoms with Crippen LogP contribution in [0.1, 0.15) is 41.5 Å². The average molecular weight is 185 g/mol. The Labute approximate surface area is 81.8 Å². The van der Waals surface area contributed by atoms with Crippen LogP contribution in [-0.2, 0) is 0 Å². The van der Waals surface area contributed by atoms with Gasteiger partial charge >= 0.3 is 0 Å². The van der Waals surface area contributed by atoms with Gasteiger partial charge in [0.15, 0.2) is 0 Å². The number of nitrogens with zero attached hydrogens (tertiary/aromatic N) is 1. The topological polar surface area (TPSA) is 50.4 Å². The first kappa shape index (κ1) is 12.4. The monoisotopic (exact) mass is 185 g/mol. The lowest BCUT2D eigenvalue weighted by molar-refractivity contribution is 0.452. The van der Waals surface area contributed by atoms with Crippen LogP contribution in [0.4, 0.5) is 0 Å². The van der Waals surface area contributed by atoms with Crippen molar-refractivity contribution in [1.82, 2.24) is 5.32 Å². The lowest BCUT2D eigenvalue weighted by Gasteiger charge is -2.21. The molecule has 0 atom stereocenters. The van der Waals surface area contributed by atoms with Crippen molar-refractivity contribution in [3.63, 3.8) is 0 Å². The highest BCUT2D eigenvalue weighted by Gasteiger charge is 2.11. The summed E-state index contributed by atoms with van der Waals surface area (Å²) >= 11 is 0. The smallest absolute Gasteiger partial charge is 0.108 e. The Morgan fingerprint density at radius 1 is 1.15 bits per heavy atom. The van der Waals surface area contributed by atoms with Gasteiger partial charge in [-0.2, -0.15) is 0 Å². The lowest BCUT2D eigenvalue weighted by Crippen LogP contribution is -2.42. The van der Waals surface area contributed by atoms with Crippen LogP contribution in [0.3, 0.4) is 0 Å². The summed E-state index contributed by atoms with van der Waals surface area (Å²) in [4.78, 5) is 4.34. The number of nitrogens with two attached hydrogens (primary N) is 1. The molecule has 0 rings (SSSR count). The van der Waals surface area contributed by atoms with Gasteiger partial charge in [0.05, 0.1) is 12.1 Å². The fourth-order valence-electron chi connectivity index (χ4n) is 0.826. The molecule has 0 aliphatic carbocycles. The van der Waals surface area contributed by atoms with Gasteiger partial charge in [-0.15, -0.1) is 0 Å². The number of amidine groups is 1. The van der Waals surface area contributed by atoms with Crippen molar-refractivity contribution in [2.75, 3.05) is 6.54 Å². The van der Waals surface area contributed by atoms with Gasteiger partial charge in [-0.25, -0.2) is 0 Å². The average Bonchev–Trinajstić information content (AvgIpc) is 1.78. The molecule has 78 valence electrons. The van der Waals surface area contributed by atoms with Crippen molar-refractivity contribution >= 4 is 5.84 Å². The van der Waals surface area contributed by atoms with E-state index in [0.717, 1.165) is 0 Å². The van der Waals surface area contributed by atoms with Crippen LogP contribution in [0.15, 0.2) is 4.99 Å². The van der Waals surface area contributed by atoms with Crippen LogP contribution in [-0.4, -0.2) is 23.5 Å². The molecule has 0 aromatic carbocycles. The second kappa shape index (κ2) is 4.09. The van der Waals surface area contributed by atoms with E-state index in [1.165, 1.54) is 0 Å². The lowest BCUT2D eigenvalue weighted by atomic mass is 10.1. The highest BCUT2D eigenvalue weighted by molar-refractivity contribution is 5.82. The highest BCUT2D eigenvalue weighted by atomic mass is 15.0. The first-order valence-electron chi connectivity index (χ1n) is 4.69. The van der Waals surface area contributed by atoms with Crippen molar-refractivity contribution in [1.29, 1.82) is 0 Å². The molecule has 0 saturated heterocycles. The number of aliphatic imine (C=N–C) groups is 1. The molecule has 0 aromatic heterocycles. The highest BCUT2D eigenvalue weighted by Crippen LogP contribution is 2.05. The molecule has 0 aliphatic heterocycles. The van der Waals surface area contributed by atoms with E-state index >= 15 is 0 Å². The molecule has 3 nitrogen and oxygen atoms in total. The van der Waals surface area contributed by atoms with Gasteiger partial charge in [0.25, 0.3) is 0 Å². The molecule has 0 amide bonds. The van der Waals surface area contributed by atoms with E-state index in [1.54, 1.807) is 0 Å². The summed E-state index contributed by atoms with van der Waals surface area (Å²) in [5, 5.41) is 3.29. The summed E-state index contributed by atoms with van der Waals surface area (Å²) < 4.78 is 0.